The van der Waals surface area contributed by atoms with Gasteiger partial charge < -0.3 is 0 Å². The molecule has 3 fully saturated rings. The number of sulfonamides is 1. The fourth-order valence-corrected chi connectivity index (χ4v) is 7.37. The Labute approximate surface area is 142 Å². The van der Waals surface area contributed by atoms with Crippen molar-refractivity contribution in [2.75, 3.05) is 18.8 Å². The molecule has 2 aliphatic carbocycles. The first kappa shape index (κ1) is 16.2. The first-order valence-electron chi connectivity index (χ1n) is 8.63. The third-order valence-corrected chi connectivity index (χ3v) is 8.88. The van der Waals surface area contributed by atoms with Crippen molar-refractivity contribution in [3.05, 3.63) is 12.4 Å². The fraction of sp³-hybridized carbons (Fsp3) is 0.812. The summed E-state index contributed by atoms with van der Waals surface area (Å²) in [7, 11) is -3.46. The second kappa shape index (κ2) is 5.11. The number of carbonyl (C=O) groups excluding carboxylic acids is 1. The number of Topliss-reactive ketones (excluding diaryl/α,β-unsaturated/α-hetero) is 1. The summed E-state index contributed by atoms with van der Waals surface area (Å²) in [5.41, 5.74) is -0.913. The Hall–Kier alpha value is -1.28. The van der Waals surface area contributed by atoms with Crippen molar-refractivity contribution in [1.29, 1.82) is 0 Å². The molecule has 3 aliphatic rings. The second-order valence-electron chi connectivity index (χ2n) is 8.11. The molecule has 0 spiro atoms. The predicted molar refractivity (Wildman–Crippen MR) is 87.6 cm³/mol. The lowest BCUT2D eigenvalue weighted by Crippen LogP contribution is -2.46. The Morgan fingerprint density at radius 3 is 2.71 bits per heavy atom. The van der Waals surface area contributed by atoms with Crippen LogP contribution >= 0.6 is 0 Å². The lowest BCUT2D eigenvalue weighted by Gasteiger charge is -2.37. The van der Waals surface area contributed by atoms with Crippen LogP contribution in [0.4, 0.5) is 0 Å². The standard InChI is InChI=1S/C16H24N4O3S/c1-15(2)12-3-5-16(15,14(21)9-12)11-24(22,23)19-7-4-13(10-19)20-8-6-17-18-20/h6,8,12-13H,3-5,7,9-11H2,1-2H3. The van der Waals surface area contributed by atoms with Crippen LogP contribution in [0.25, 0.3) is 0 Å². The van der Waals surface area contributed by atoms with Gasteiger partial charge in [-0.05, 0) is 30.6 Å². The molecule has 3 unspecified atom stereocenters. The van der Waals surface area contributed by atoms with Gasteiger partial charge in [-0.15, -0.1) is 5.10 Å². The molecular formula is C16H24N4O3S. The summed E-state index contributed by atoms with van der Waals surface area (Å²) in [6.45, 7) is 5.06. The van der Waals surface area contributed by atoms with Gasteiger partial charge in [0.25, 0.3) is 0 Å². The fourth-order valence-electron chi connectivity index (χ4n) is 5.10. The van der Waals surface area contributed by atoms with Crippen LogP contribution in [0, 0.1) is 16.7 Å². The van der Waals surface area contributed by atoms with E-state index < -0.39 is 15.4 Å². The average molecular weight is 352 g/mol. The number of carbonyl (C=O) groups is 1. The summed E-state index contributed by atoms with van der Waals surface area (Å²) in [4.78, 5) is 12.6. The maximum Gasteiger partial charge on any atom is 0.215 e. The van der Waals surface area contributed by atoms with Gasteiger partial charge in [-0.2, -0.15) is 4.31 Å². The van der Waals surface area contributed by atoms with Crippen molar-refractivity contribution in [3.8, 4) is 0 Å². The number of aromatic nitrogens is 3. The zero-order valence-electron chi connectivity index (χ0n) is 14.2. The molecule has 24 heavy (non-hydrogen) atoms. The highest BCUT2D eigenvalue weighted by molar-refractivity contribution is 7.89. The summed E-state index contributed by atoms with van der Waals surface area (Å²) in [5, 5.41) is 7.78. The van der Waals surface area contributed by atoms with Gasteiger partial charge >= 0.3 is 0 Å². The van der Waals surface area contributed by atoms with Gasteiger partial charge in [-0.1, -0.05) is 19.1 Å². The molecule has 0 N–H and O–H groups in total. The third kappa shape index (κ3) is 2.12. The maximum atomic E-state index is 13.0. The smallest absolute Gasteiger partial charge is 0.215 e. The summed E-state index contributed by atoms with van der Waals surface area (Å²) in [5.74, 6) is 0.452. The molecule has 1 aromatic heterocycles. The summed E-state index contributed by atoms with van der Waals surface area (Å²) < 4.78 is 29.4. The Kier molecular flexibility index (Phi) is 3.45. The normalized spacial score (nSPS) is 35.8. The van der Waals surface area contributed by atoms with Gasteiger partial charge in [-0.25, -0.2) is 13.1 Å². The largest absolute Gasteiger partial charge is 0.299 e. The zero-order chi connectivity index (χ0) is 17.2. The van der Waals surface area contributed by atoms with E-state index in [4.69, 9.17) is 0 Å². The van der Waals surface area contributed by atoms with Crippen LogP contribution in [0.2, 0.25) is 0 Å². The second-order valence-corrected chi connectivity index (χ2v) is 10.1. The van der Waals surface area contributed by atoms with Crippen molar-refractivity contribution in [2.45, 2.75) is 45.6 Å². The number of hydrogen-bond donors (Lipinski definition) is 0. The topological polar surface area (TPSA) is 85.2 Å². The molecule has 4 rings (SSSR count). The number of nitrogens with zero attached hydrogens (tertiary/aromatic N) is 4. The Morgan fingerprint density at radius 1 is 1.33 bits per heavy atom. The zero-order valence-corrected chi connectivity index (χ0v) is 15.0. The molecule has 132 valence electrons. The van der Waals surface area contributed by atoms with Crippen molar-refractivity contribution >= 4 is 15.8 Å². The SMILES string of the molecule is CC1(C)C2CCC1(CS(=O)(=O)N1CCC(n3ccnn3)C1)C(=O)C2. The maximum absolute atomic E-state index is 13.0. The highest BCUT2D eigenvalue weighted by Crippen LogP contribution is 2.64. The van der Waals surface area contributed by atoms with Crippen LogP contribution in [0.15, 0.2) is 12.4 Å². The number of fused-ring (bicyclic) bond motifs is 2. The van der Waals surface area contributed by atoms with Gasteiger partial charge in [0.05, 0.1) is 18.0 Å². The van der Waals surface area contributed by atoms with E-state index in [9.17, 15) is 13.2 Å². The van der Waals surface area contributed by atoms with Gasteiger partial charge in [0, 0.05) is 31.1 Å². The molecule has 7 nitrogen and oxygen atoms in total. The molecule has 0 radical (unpaired) electrons. The Balaban J connectivity index is 1.55. The van der Waals surface area contributed by atoms with Crippen molar-refractivity contribution in [1.82, 2.24) is 19.3 Å². The van der Waals surface area contributed by atoms with Crippen molar-refractivity contribution in [2.24, 2.45) is 16.7 Å². The van der Waals surface area contributed by atoms with E-state index >= 15 is 0 Å². The first-order valence-corrected chi connectivity index (χ1v) is 10.2. The van der Waals surface area contributed by atoms with E-state index in [1.54, 1.807) is 21.4 Å². The molecule has 8 heteroatoms. The lowest BCUT2D eigenvalue weighted by molar-refractivity contribution is -0.128. The monoisotopic (exact) mass is 352 g/mol. The molecule has 1 aromatic rings. The summed E-state index contributed by atoms with van der Waals surface area (Å²) >= 11 is 0. The van der Waals surface area contributed by atoms with Crippen molar-refractivity contribution < 1.29 is 13.2 Å². The molecule has 2 bridgehead atoms. The average Bonchev–Trinajstić information content (AvgIpc) is 3.24. The highest BCUT2D eigenvalue weighted by Gasteiger charge is 2.65. The van der Waals surface area contributed by atoms with E-state index in [1.165, 1.54) is 0 Å². The molecular weight excluding hydrogens is 328 g/mol. The Bertz CT molecular complexity index is 758. The minimum Gasteiger partial charge on any atom is -0.299 e. The van der Waals surface area contributed by atoms with Crippen LogP contribution < -0.4 is 0 Å². The molecule has 0 aromatic carbocycles. The summed E-state index contributed by atoms with van der Waals surface area (Å²) in [6.07, 6.45) is 6.33. The van der Waals surface area contributed by atoms with E-state index in [-0.39, 0.29) is 23.0 Å². The molecule has 2 heterocycles. The van der Waals surface area contributed by atoms with E-state index in [2.05, 4.69) is 24.2 Å². The van der Waals surface area contributed by atoms with E-state index in [1.807, 2.05) is 0 Å². The number of rotatable bonds is 4. The minimum absolute atomic E-state index is 0.0309. The molecule has 3 atom stereocenters. The van der Waals surface area contributed by atoms with Gasteiger partial charge in [0.15, 0.2) is 0 Å². The number of hydrogen-bond acceptors (Lipinski definition) is 5. The predicted octanol–water partition coefficient (Wildman–Crippen LogP) is 1.25. The lowest BCUT2D eigenvalue weighted by atomic mass is 9.70. The quantitative estimate of drug-likeness (QED) is 0.814. The molecule has 1 aliphatic heterocycles. The van der Waals surface area contributed by atoms with Crippen LogP contribution in [0.1, 0.15) is 45.6 Å². The van der Waals surface area contributed by atoms with Gasteiger partial charge in [0.2, 0.25) is 10.0 Å². The van der Waals surface area contributed by atoms with E-state index in [0.717, 1.165) is 12.8 Å². The molecule has 2 saturated carbocycles. The summed E-state index contributed by atoms with van der Waals surface area (Å²) in [6, 6.07) is 0.0309. The van der Waals surface area contributed by atoms with Crippen LogP contribution in [0.3, 0.4) is 0 Å². The minimum atomic E-state index is -3.46. The van der Waals surface area contributed by atoms with Crippen LogP contribution in [-0.4, -0.2) is 52.3 Å². The van der Waals surface area contributed by atoms with Crippen LogP contribution in [0.5, 0.6) is 0 Å². The number of ketones is 1. The first-order chi connectivity index (χ1) is 11.3. The van der Waals surface area contributed by atoms with E-state index in [0.29, 0.717) is 31.8 Å². The van der Waals surface area contributed by atoms with Gasteiger partial charge in [-0.3, -0.25) is 4.79 Å². The Morgan fingerprint density at radius 2 is 2.12 bits per heavy atom. The van der Waals surface area contributed by atoms with Gasteiger partial charge in [0.1, 0.15) is 5.78 Å². The third-order valence-electron chi connectivity index (χ3n) is 6.90. The molecule has 1 saturated heterocycles. The molecule has 0 amide bonds. The highest BCUT2D eigenvalue weighted by atomic mass is 32.2. The van der Waals surface area contributed by atoms with Crippen molar-refractivity contribution in [3.63, 3.8) is 0 Å². The van der Waals surface area contributed by atoms with Crippen LogP contribution in [-0.2, 0) is 14.8 Å².